The van der Waals surface area contributed by atoms with Crippen molar-refractivity contribution in [2.24, 2.45) is 4.99 Å². The van der Waals surface area contributed by atoms with E-state index < -0.39 is 0 Å². The summed E-state index contributed by atoms with van der Waals surface area (Å²) in [5, 5.41) is 6.19. The number of halogens is 1. The summed E-state index contributed by atoms with van der Waals surface area (Å²) in [4.78, 5) is 4.09. The Morgan fingerprint density at radius 3 is 2.50 bits per heavy atom. The summed E-state index contributed by atoms with van der Waals surface area (Å²) < 4.78 is 19.1. The lowest BCUT2D eigenvalue weighted by atomic mass is 10.2. The molecule has 0 aliphatic carbocycles. The average Bonchev–Trinajstić information content (AvgIpc) is 2.56. The molecule has 2 aromatic rings. The second-order valence-electron chi connectivity index (χ2n) is 4.61. The quantitative estimate of drug-likeness (QED) is 0.490. The number of guanidine groups is 1. The topological polar surface area (TPSA) is 45.7 Å². The first-order chi connectivity index (χ1) is 10.8. The van der Waals surface area contributed by atoms with Crippen molar-refractivity contribution in [3.63, 3.8) is 0 Å². The van der Waals surface area contributed by atoms with Gasteiger partial charge in [-0.2, -0.15) is 0 Å². The van der Waals surface area contributed by atoms with Crippen LogP contribution in [0.25, 0.3) is 0 Å². The van der Waals surface area contributed by atoms with E-state index in [-0.39, 0.29) is 5.82 Å². The van der Waals surface area contributed by atoms with Gasteiger partial charge in [0.25, 0.3) is 0 Å². The van der Waals surface area contributed by atoms with Crippen LogP contribution in [0.4, 0.5) is 4.39 Å². The summed E-state index contributed by atoms with van der Waals surface area (Å²) in [5.41, 5.74) is 0.603. The molecule has 2 rings (SSSR count). The molecule has 0 radical (unpaired) electrons. The molecule has 0 aromatic heterocycles. The van der Waals surface area contributed by atoms with Crippen LogP contribution in [0.3, 0.4) is 0 Å². The first kappa shape index (κ1) is 15.8. The fraction of sp³-hybridized carbons (Fsp3) is 0.235. The predicted octanol–water partition coefficient (Wildman–Crippen LogP) is 2.57. The van der Waals surface area contributed by atoms with Gasteiger partial charge in [-0.3, -0.25) is 4.99 Å². The summed E-state index contributed by atoms with van der Waals surface area (Å²) in [5.74, 6) is 1.22. The lowest BCUT2D eigenvalue weighted by Gasteiger charge is -2.13. The maximum Gasteiger partial charge on any atom is 0.191 e. The Balaban J connectivity index is 1.70. The number of nitrogens with one attached hydrogen (secondary N) is 2. The molecule has 116 valence electrons. The second kappa shape index (κ2) is 8.67. The van der Waals surface area contributed by atoms with Crippen molar-refractivity contribution >= 4 is 5.96 Å². The molecular formula is C17H20FN3O. The summed E-state index contributed by atoms with van der Waals surface area (Å²) in [6.07, 6.45) is 0. The normalized spacial score (nSPS) is 11.1. The molecule has 0 heterocycles. The Labute approximate surface area is 130 Å². The molecule has 0 aliphatic heterocycles. The molecule has 22 heavy (non-hydrogen) atoms. The molecule has 0 saturated heterocycles. The largest absolute Gasteiger partial charge is 0.492 e. The van der Waals surface area contributed by atoms with Gasteiger partial charge in [0.05, 0.1) is 6.54 Å². The van der Waals surface area contributed by atoms with Gasteiger partial charge >= 0.3 is 0 Å². The van der Waals surface area contributed by atoms with Crippen LogP contribution >= 0.6 is 0 Å². The lowest BCUT2D eigenvalue weighted by Crippen LogP contribution is -2.39. The van der Waals surface area contributed by atoms with Gasteiger partial charge in [-0.05, 0) is 18.2 Å². The van der Waals surface area contributed by atoms with Gasteiger partial charge in [0.15, 0.2) is 5.96 Å². The molecule has 0 spiro atoms. The summed E-state index contributed by atoms with van der Waals surface area (Å²) in [6, 6.07) is 16.3. The molecule has 0 unspecified atom stereocenters. The Morgan fingerprint density at radius 1 is 1.05 bits per heavy atom. The third-order valence-electron chi connectivity index (χ3n) is 3.03. The highest BCUT2D eigenvalue weighted by Crippen LogP contribution is 2.07. The van der Waals surface area contributed by atoms with Crippen LogP contribution in [-0.4, -0.2) is 26.2 Å². The number of aliphatic imine (C=N–C) groups is 1. The van der Waals surface area contributed by atoms with Crippen molar-refractivity contribution in [2.75, 3.05) is 20.2 Å². The predicted molar refractivity (Wildman–Crippen MR) is 86.5 cm³/mol. The van der Waals surface area contributed by atoms with E-state index in [0.29, 0.717) is 31.2 Å². The zero-order chi connectivity index (χ0) is 15.6. The van der Waals surface area contributed by atoms with Crippen LogP contribution in [0.2, 0.25) is 0 Å². The fourth-order valence-electron chi connectivity index (χ4n) is 1.90. The third kappa shape index (κ3) is 5.09. The van der Waals surface area contributed by atoms with E-state index in [1.807, 2.05) is 36.4 Å². The first-order valence-corrected chi connectivity index (χ1v) is 7.15. The molecule has 0 amide bonds. The minimum absolute atomic E-state index is 0.224. The molecule has 4 nitrogen and oxygen atoms in total. The van der Waals surface area contributed by atoms with Crippen molar-refractivity contribution < 1.29 is 9.13 Å². The second-order valence-corrected chi connectivity index (χ2v) is 4.61. The Morgan fingerprint density at radius 2 is 1.77 bits per heavy atom. The number of benzene rings is 2. The highest BCUT2D eigenvalue weighted by atomic mass is 19.1. The van der Waals surface area contributed by atoms with Crippen molar-refractivity contribution in [1.82, 2.24) is 10.6 Å². The van der Waals surface area contributed by atoms with Gasteiger partial charge in [-0.25, -0.2) is 4.39 Å². The fourth-order valence-corrected chi connectivity index (χ4v) is 1.90. The number of hydrogen-bond donors (Lipinski definition) is 2. The van der Waals surface area contributed by atoms with E-state index in [2.05, 4.69) is 15.6 Å². The van der Waals surface area contributed by atoms with E-state index in [1.54, 1.807) is 19.2 Å². The monoisotopic (exact) mass is 301 g/mol. The zero-order valence-corrected chi connectivity index (χ0v) is 12.6. The van der Waals surface area contributed by atoms with E-state index in [9.17, 15) is 4.39 Å². The molecule has 0 fully saturated rings. The molecule has 0 saturated carbocycles. The van der Waals surface area contributed by atoms with E-state index in [4.69, 9.17) is 4.74 Å². The molecule has 0 bridgehead atoms. The smallest absolute Gasteiger partial charge is 0.191 e. The highest BCUT2D eigenvalue weighted by Gasteiger charge is 2.02. The van der Waals surface area contributed by atoms with Crippen molar-refractivity contribution in [2.45, 2.75) is 6.54 Å². The maximum absolute atomic E-state index is 13.5. The lowest BCUT2D eigenvalue weighted by molar-refractivity contribution is 0.322. The number of rotatable bonds is 6. The van der Waals surface area contributed by atoms with Crippen LogP contribution < -0.4 is 15.4 Å². The first-order valence-electron chi connectivity index (χ1n) is 7.15. The van der Waals surface area contributed by atoms with Gasteiger partial charge in [0.2, 0.25) is 0 Å². The number of ether oxygens (including phenoxy) is 1. The van der Waals surface area contributed by atoms with Crippen LogP contribution in [0, 0.1) is 5.82 Å². The Kier molecular flexibility index (Phi) is 6.23. The van der Waals surface area contributed by atoms with Crippen LogP contribution in [-0.2, 0) is 6.54 Å². The van der Waals surface area contributed by atoms with Crippen LogP contribution in [0.1, 0.15) is 5.56 Å². The van der Waals surface area contributed by atoms with E-state index >= 15 is 0 Å². The molecular weight excluding hydrogens is 281 g/mol. The minimum atomic E-state index is -0.224. The van der Waals surface area contributed by atoms with Gasteiger partial charge in [0.1, 0.15) is 18.2 Å². The Hall–Kier alpha value is -2.56. The average molecular weight is 301 g/mol. The number of hydrogen-bond acceptors (Lipinski definition) is 2. The van der Waals surface area contributed by atoms with Gasteiger partial charge in [0, 0.05) is 19.2 Å². The summed E-state index contributed by atoms with van der Waals surface area (Å²) in [6.45, 7) is 1.50. The SMILES string of the molecule is CN=C(NCCOc1ccccc1)NCc1ccccc1F. The molecule has 0 atom stereocenters. The highest BCUT2D eigenvalue weighted by molar-refractivity contribution is 5.79. The minimum Gasteiger partial charge on any atom is -0.492 e. The van der Waals surface area contributed by atoms with Crippen molar-refractivity contribution in [3.05, 3.63) is 66.0 Å². The van der Waals surface area contributed by atoms with Crippen LogP contribution in [0.15, 0.2) is 59.6 Å². The van der Waals surface area contributed by atoms with Crippen LogP contribution in [0.5, 0.6) is 5.75 Å². The molecule has 0 aliphatic rings. The van der Waals surface area contributed by atoms with Gasteiger partial charge in [-0.15, -0.1) is 0 Å². The van der Waals surface area contributed by atoms with E-state index in [1.165, 1.54) is 6.07 Å². The molecule has 2 aromatic carbocycles. The van der Waals surface area contributed by atoms with Gasteiger partial charge in [-0.1, -0.05) is 36.4 Å². The van der Waals surface area contributed by atoms with E-state index in [0.717, 1.165) is 5.75 Å². The Bertz CT molecular complexity index is 602. The van der Waals surface area contributed by atoms with Crippen molar-refractivity contribution in [3.8, 4) is 5.75 Å². The standard InChI is InChI=1S/C17H20FN3O/c1-19-17(21-13-14-7-5-6-10-16(14)18)20-11-12-22-15-8-3-2-4-9-15/h2-10H,11-13H2,1H3,(H2,19,20,21). The number of para-hydroxylation sites is 1. The van der Waals surface area contributed by atoms with Gasteiger partial charge < -0.3 is 15.4 Å². The van der Waals surface area contributed by atoms with Crippen molar-refractivity contribution in [1.29, 1.82) is 0 Å². The number of nitrogens with zero attached hydrogens (tertiary/aromatic N) is 1. The summed E-state index contributed by atoms with van der Waals surface area (Å²) in [7, 11) is 1.68. The molecule has 5 heteroatoms. The third-order valence-corrected chi connectivity index (χ3v) is 3.03. The molecule has 2 N–H and O–H groups in total. The summed E-state index contributed by atoms with van der Waals surface area (Å²) >= 11 is 0. The zero-order valence-electron chi connectivity index (χ0n) is 12.6. The maximum atomic E-state index is 13.5.